The Morgan fingerprint density at radius 3 is 2.67 bits per heavy atom. The highest BCUT2D eigenvalue weighted by Gasteiger charge is 2.11. The van der Waals surface area contributed by atoms with Crippen molar-refractivity contribution in [2.24, 2.45) is 7.05 Å². The van der Waals surface area contributed by atoms with Gasteiger partial charge in [-0.25, -0.2) is 4.79 Å². The molecule has 0 aliphatic rings. The second kappa shape index (κ2) is 7.87. The Morgan fingerprint density at radius 2 is 1.90 bits per heavy atom. The third-order valence-corrected chi connectivity index (χ3v) is 4.96. The first-order valence-electron chi connectivity index (χ1n) is 9.48. The zero-order valence-corrected chi connectivity index (χ0v) is 16.9. The average Bonchev–Trinajstić information content (AvgIpc) is 3.21. The van der Waals surface area contributed by atoms with E-state index in [1.165, 1.54) is 6.08 Å². The van der Waals surface area contributed by atoms with Crippen LogP contribution in [0, 0.1) is 13.8 Å². The lowest BCUT2D eigenvalue weighted by molar-refractivity contribution is -0.142. The third kappa shape index (κ3) is 3.82. The number of hydrogen-bond donors (Lipinski definition) is 1. The predicted octanol–water partition coefficient (Wildman–Crippen LogP) is 4.13. The highest BCUT2D eigenvalue weighted by molar-refractivity contribution is 6.07. The van der Waals surface area contributed by atoms with Gasteiger partial charge in [0.15, 0.2) is 6.61 Å². The Bertz CT molecular complexity index is 1300. The molecule has 4 aromatic rings. The summed E-state index contributed by atoms with van der Waals surface area (Å²) >= 11 is 0. The smallest absolute Gasteiger partial charge is 0.331 e. The Hall–Kier alpha value is -3.87. The Kier molecular flexibility index (Phi) is 5.10. The lowest BCUT2D eigenvalue weighted by Gasteiger charge is -2.05. The molecule has 0 bridgehead atoms. The average molecular weight is 403 g/mol. The van der Waals surface area contributed by atoms with E-state index < -0.39 is 11.9 Å². The minimum Gasteiger partial charge on any atom is -0.456 e. The van der Waals surface area contributed by atoms with Gasteiger partial charge in [-0.1, -0.05) is 18.2 Å². The van der Waals surface area contributed by atoms with Gasteiger partial charge in [-0.05, 0) is 44.2 Å². The molecule has 30 heavy (non-hydrogen) atoms. The van der Waals surface area contributed by atoms with Gasteiger partial charge >= 0.3 is 5.97 Å². The van der Waals surface area contributed by atoms with E-state index in [0.29, 0.717) is 5.69 Å². The van der Waals surface area contributed by atoms with Crippen LogP contribution in [0.25, 0.3) is 28.0 Å². The fraction of sp³-hybridized carbons (Fsp3) is 0.174. The highest BCUT2D eigenvalue weighted by Crippen LogP contribution is 2.30. The summed E-state index contributed by atoms with van der Waals surface area (Å²) in [7, 11) is 1.84. The minimum absolute atomic E-state index is 0.377. The van der Waals surface area contributed by atoms with E-state index in [-0.39, 0.29) is 6.61 Å². The number of para-hydroxylation sites is 1. The number of amides is 1. The molecule has 7 nitrogen and oxygen atoms in total. The van der Waals surface area contributed by atoms with E-state index in [1.54, 1.807) is 22.9 Å². The molecule has 2 heterocycles. The summed E-state index contributed by atoms with van der Waals surface area (Å²) < 4.78 is 12.6. The van der Waals surface area contributed by atoms with Crippen molar-refractivity contribution in [2.45, 2.75) is 13.8 Å². The van der Waals surface area contributed by atoms with Crippen molar-refractivity contribution in [1.82, 2.24) is 9.78 Å². The number of aromatic nitrogens is 2. The maximum Gasteiger partial charge on any atom is 0.331 e. The van der Waals surface area contributed by atoms with E-state index >= 15 is 0 Å². The lowest BCUT2D eigenvalue weighted by Crippen LogP contribution is -2.20. The van der Waals surface area contributed by atoms with Crippen molar-refractivity contribution in [3.63, 3.8) is 0 Å². The summed E-state index contributed by atoms with van der Waals surface area (Å²) in [6, 6.07) is 13.1. The fourth-order valence-corrected chi connectivity index (χ4v) is 3.37. The number of nitrogens with one attached hydrogen (secondary N) is 1. The molecule has 152 valence electrons. The number of benzene rings is 2. The van der Waals surface area contributed by atoms with E-state index in [2.05, 4.69) is 10.4 Å². The molecule has 2 aromatic carbocycles. The predicted molar refractivity (Wildman–Crippen MR) is 115 cm³/mol. The van der Waals surface area contributed by atoms with Crippen LogP contribution in [-0.2, 0) is 21.4 Å². The first-order valence-corrected chi connectivity index (χ1v) is 9.48. The molecule has 0 saturated heterocycles. The number of hydrogen-bond acceptors (Lipinski definition) is 5. The molecule has 4 rings (SSSR count). The van der Waals surface area contributed by atoms with Crippen LogP contribution in [0.15, 0.2) is 53.0 Å². The normalized spacial score (nSPS) is 11.4. The van der Waals surface area contributed by atoms with Crippen LogP contribution >= 0.6 is 0 Å². The molecule has 1 N–H and O–H groups in total. The SMILES string of the molecule is Cc1nn(C)c(C)c1/C=C/C(=O)OCC(=O)Nc1ccc2oc3ccccc3c2c1. The van der Waals surface area contributed by atoms with Gasteiger partial charge in [0, 0.05) is 40.8 Å². The summed E-state index contributed by atoms with van der Waals surface area (Å²) in [4.78, 5) is 24.2. The number of fused-ring (bicyclic) bond motifs is 3. The number of nitrogens with zero attached hydrogens (tertiary/aromatic N) is 2. The van der Waals surface area contributed by atoms with E-state index in [1.807, 2.05) is 51.2 Å². The molecule has 1 amide bonds. The third-order valence-electron chi connectivity index (χ3n) is 4.96. The molecule has 0 atom stereocenters. The minimum atomic E-state index is -0.593. The van der Waals surface area contributed by atoms with Crippen molar-refractivity contribution < 1.29 is 18.7 Å². The van der Waals surface area contributed by atoms with Gasteiger partial charge in [0.2, 0.25) is 0 Å². The van der Waals surface area contributed by atoms with Crippen molar-refractivity contribution in [3.8, 4) is 0 Å². The zero-order valence-electron chi connectivity index (χ0n) is 16.9. The first-order chi connectivity index (χ1) is 14.4. The van der Waals surface area contributed by atoms with Gasteiger partial charge in [-0.2, -0.15) is 5.10 Å². The lowest BCUT2D eigenvalue weighted by atomic mass is 10.1. The summed E-state index contributed by atoms with van der Waals surface area (Å²) in [6.07, 6.45) is 2.95. The topological polar surface area (TPSA) is 86.4 Å². The van der Waals surface area contributed by atoms with Crippen molar-refractivity contribution in [1.29, 1.82) is 0 Å². The highest BCUT2D eigenvalue weighted by atomic mass is 16.5. The summed E-state index contributed by atoms with van der Waals surface area (Å²) in [5.74, 6) is -1.01. The first kappa shape index (κ1) is 19.4. The number of carbonyl (C=O) groups excluding carboxylic acids is 2. The molecular formula is C23H21N3O4. The van der Waals surface area contributed by atoms with Crippen molar-refractivity contribution in [2.75, 3.05) is 11.9 Å². The van der Waals surface area contributed by atoms with Crippen LogP contribution in [0.2, 0.25) is 0 Å². The molecule has 0 saturated carbocycles. The molecule has 0 fully saturated rings. The number of ether oxygens (including phenoxy) is 1. The van der Waals surface area contributed by atoms with Crippen molar-refractivity contribution in [3.05, 3.63) is 65.5 Å². The standard InChI is InChI=1S/C23H21N3O4/c1-14-17(15(2)26(3)25-14)9-11-23(28)29-13-22(27)24-16-8-10-21-19(12-16)18-6-4-5-7-20(18)30-21/h4-12H,13H2,1-3H3,(H,24,27)/b11-9+. The molecule has 0 radical (unpaired) electrons. The Balaban J connectivity index is 1.38. The quantitative estimate of drug-likeness (QED) is 0.400. The number of esters is 1. The fourth-order valence-electron chi connectivity index (χ4n) is 3.37. The summed E-state index contributed by atoms with van der Waals surface area (Å²) in [5, 5.41) is 8.91. The number of anilines is 1. The molecule has 0 aliphatic heterocycles. The molecule has 0 aliphatic carbocycles. The molecule has 2 aromatic heterocycles. The van der Waals surface area contributed by atoms with Crippen LogP contribution in [0.5, 0.6) is 0 Å². The summed E-state index contributed by atoms with van der Waals surface area (Å²) in [6.45, 7) is 3.41. The van der Waals surface area contributed by atoms with E-state index in [4.69, 9.17) is 9.15 Å². The number of rotatable bonds is 5. The van der Waals surface area contributed by atoms with Crippen LogP contribution in [0.4, 0.5) is 5.69 Å². The van der Waals surface area contributed by atoms with Gasteiger partial charge in [0.05, 0.1) is 5.69 Å². The second-order valence-electron chi connectivity index (χ2n) is 7.01. The molecule has 7 heteroatoms. The van der Waals surface area contributed by atoms with Gasteiger partial charge in [0.1, 0.15) is 11.2 Å². The summed E-state index contributed by atoms with van der Waals surface area (Å²) in [5.41, 5.74) is 4.75. The molecular weight excluding hydrogens is 382 g/mol. The monoisotopic (exact) mass is 403 g/mol. The number of furan rings is 1. The van der Waals surface area contributed by atoms with Crippen molar-refractivity contribution >= 4 is 45.6 Å². The van der Waals surface area contributed by atoms with Gasteiger partial charge < -0.3 is 14.5 Å². The Labute approximate surface area is 172 Å². The van der Waals surface area contributed by atoms with E-state index in [9.17, 15) is 9.59 Å². The largest absolute Gasteiger partial charge is 0.456 e. The van der Waals surface area contributed by atoms with Crippen LogP contribution in [0.1, 0.15) is 17.0 Å². The maximum atomic E-state index is 12.2. The van der Waals surface area contributed by atoms with Crippen LogP contribution < -0.4 is 5.32 Å². The van der Waals surface area contributed by atoms with Gasteiger partial charge in [0.25, 0.3) is 5.91 Å². The van der Waals surface area contributed by atoms with Gasteiger partial charge in [-0.15, -0.1) is 0 Å². The van der Waals surface area contributed by atoms with Gasteiger partial charge in [-0.3, -0.25) is 9.48 Å². The number of aryl methyl sites for hydroxylation is 2. The molecule has 0 unspecified atom stereocenters. The number of carbonyl (C=O) groups is 2. The van der Waals surface area contributed by atoms with Crippen LogP contribution in [-0.4, -0.2) is 28.3 Å². The zero-order chi connectivity index (χ0) is 21.3. The maximum absolute atomic E-state index is 12.2. The van der Waals surface area contributed by atoms with Crippen LogP contribution in [0.3, 0.4) is 0 Å². The van der Waals surface area contributed by atoms with E-state index in [0.717, 1.165) is 38.9 Å². The molecule has 0 spiro atoms. The Morgan fingerprint density at radius 1 is 1.13 bits per heavy atom. The second-order valence-corrected chi connectivity index (χ2v) is 7.01.